The summed E-state index contributed by atoms with van der Waals surface area (Å²) in [4.78, 5) is 14.8. The van der Waals surface area contributed by atoms with Gasteiger partial charge in [0.15, 0.2) is 0 Å². The average Bonchev–Trinajstić information content (AvgIpc) is 2.43. The third-order valence-corrected chi connectivity index (χ3v) is 7.07. The molecular formula is C16H30N2O3S. The molecule has 2 heterocycles. The standard InChI is InChI=1S/C16H30N2O3S/c1-6-22(20,21)17-9-7-13(8-10-17)15(19)18-11-16(4,5)14(18)12(2)3/h12-14H,6-11H2,1-5H3. The number of piperidine rings is 1. The molecule has 0 radical (unpaired) electrons. The van der Waals surface area contributed by atoms with E-state index in [4.69, 9.17) is 0 Å². The summed E-state index contributed by atoms with van der Waals surface area (Å²) in [6.45, 7) is 12.2. The minimum Gasteiger partial charge on any atom is -0.338 e. The van der Waals surface area contributed by atoms with Crippen LogP contribution in [0.25, 0.3) is 0 Å². The molecule has 1 unspecified atom stereocenters. The predicted molar refractivity (Wildman–Crippen MR) is 87.9 cm³/mol. The highest BCUT2D eigenvalue weighted by atomic mass is 32.2. The number of carbonyl (C=O) groups excluding carboxylic acids is 1. The van der Waals surface area contributed by atoms with E-state index in [1.165, 1.54) is 4.31 Å². The number of likely N-dealkylation sites (tertiary alicyclic amines) is 1. The van der Waals surface area contributed by atoms with Crippen LogP contribution in [0.15, 0.2) is 0 Å². The van der Waals surface area contributed by atoms with Crippen molar-refractivity contribution in [2.75, 3.05) is 25.4 Å². The van der Waals surface area contributed by atoms with Crippen molar-refractivity contribution in [1.82, 2.24) is 9.21 Å². The van der Waals surface area contributed by atoms with Crippen molar-refractivity contribution in [3.05, 3.63) is 0 Å². The van der Waals surface area contributed by atoms with Gasteiger partial charge in [-0.15, -0.1) is 0 Å². The van der Waals surface area contributed by atoms with Crippen molar-refractivity contribution >= 4 is 15.9 Å². The van der Waals surface area contributed by atoms with Gasteiger partial charge in [0.2, 0.25) is 15.9 Å². The van der Waals surface area contributed by atoms with Crippen LogP contribution >= 0.6 is 0 Å². The second-order valence-electron chi connectivity index (χ2n) is 7.72. The lowest BCUT2D eigenvalue weighted by Crippen LogP contribution is -2.67. The fourth-order valence-corrected chi connectivity index (χ4v) is 5.35. The zero-order valence-electron chi connectivity index (χ0n) is 14.5. The molecule has 0 aromatic carbocycles. The van der Waals surface area contributed by atoms with Crippen molar-refractivity contribution in [2.45, 2.75) is 53.5 Å². The Hall–Kier alpha value is -0.620. The Kier molecular flexibility index (Phi) is 4.93. The fourth-order valence-electron chi connectivity index (χ4n) is 4.22. The van der Waals surface area contributed by atoms with Crippen LogP contribution in [0.5, 0.6) is 0 Å². The number of amides is 1. The largest absolute Gasteiger partial charge is 0.338 e. The Morgan fingerprint density at radius 2 is 1.77 bits per heavy atom. The Balaban J connectivity index is 1.96. The molecular weight excluding hydrogens is 300 g/mol. The lowest BCUT2D eigenvalue weighted by atomic mass is 9.69. The van der Waals surface area contributed by atoms with Gasteiger partial charge in [-0.2, -0.15) is 0 Å². The third-order valence-electron chi connectivity index (χ3n) is 5.19. The summed E-state index contributed by atoms with van der Waals surface area (Å²) in [7, 11) is -3.12. The molecule has 22 heavy (non-hydrogen) atoms. The van der Waals surface area contributed by atoms with Crippen molar-refractivity contribution < 1.29 is 13.2 Å². The minimum atomic E-state index is -3.12. The van der Waals surface area contributed by atoms with Gasteiger partial charge >= 0.3 is 0 Å². The van der Waals surface area contributed by atoms with Crippen LogP contribution < -0.4 is 0 Å². The van der Waals surface area contributed by atoms with Gasteiger partial charge in [0.25, 0.3) is 0 Å². The van der Waals surface area contributed by atoms with Crippen molar-refractivity contribution in [3.8, 4) is 0 Å². The molecule has 0 aliphatic carbocycles. The lowest BCUT2D eigenvalue weighted by molar-refractivity contribution is -0.161. The summed E-state index contributed by atoms with van der Waals surface area (Å²) in [5, 5.41) is 0. The molecule has 0 spiro atoms. The number of hydrogen-bond donors (Lipinski definition) is 0. The predicted octanol–water partition coefficient (Wildman–Crippen LogP) is 1.94. The summed E-state index contributed by atoms with van der Waals surface area (Å²) in [5.74, 6) is 0.807. The highest BCUT2D eigenvalue weighted by Crippen LogP contribution is 2.42. The molecule has 0 N–H and O–H groups in total. The first-order chi connectivity index (χ1) is 10.1. The van der Waals surface area contributed by atoms with Crippen LogP contribution in [0.1, 0.15) is 47.5 Å². The van der Waals surface area contributed by atoms with E-state index in [1.54, 1.807) is 6.92 Å². The number of hydrogen-bond acceptors (Lipinski definition) is 3. The first-order valence-corrected chi connectivity index (χ1v) is 9.99. The van der Waals surface area contributed by atoms with Crippen molar-refractivity contribution in [3.63, 3.8) is 0 Å². The molecule has 0 saturated carbocycles. The molecule has 2 aliphatic heterocycles. The van der Waals surface area contributed by atoms with E-state index in [0.29, 0.717) is 37.9 Å². The van der Waals surface area contributed by atoms with Crippen LogP contribution in [0.2, 0.25) is 0 Å². The van der Waals surface area contributed by atoms with E-state index in [0.717, 1.165) is 6.54 Å². The molecule has 0 aromatic rings. The molecule has 0 aromatic heterocycles. The maximum Gasteiger partial charge on any atom is 0.226 e. The molecule has 6 heteroatoms. The van der Waals surface area contributed by atoms with Crippen LogP contribution in [-0.2, 0) is 14.8 Å². The summed E-state index contributed by atoms with van der Waals surface area (Å²) in [6.07, 6.45) is 1.31. The van der Waals surface area contributed by atoms with Crippen LogP contribution in [-0.4, -0.2) is 55.0 Å². The van der Waals surface area contributed by atoms with Crippen LogP contribution in [0, 0.1) is 17.3 Å². The molecule has 2 fully saturated rings. The number of nitrogens with zero attached hydrogens (tertiary/aromatic N) is 2. The zero-order valence-corrected chi connectivity index (χ0v) is 15.3. The van der Waals surface area contributed by atoms with Gasteiger partial charge < -0.3 is 4.90 Å². The second-order valence-corrected chi connectivity index (χ2v) is 9.98. The van der Waals surface area contributed by atoms with Crippen LogP contribution in [0.4, 0.5) is 0 Å². The normalized spacial score (nSPS) is 27.0. The maximum absolute atomic E-state index is 12.8. The second kappa shape index (κ2) is 6.11. The zero-order chi connectivity index (χ0) is 16.7. The highest BCUT2D eigenvalue weighted by Gasteiger charge is 2.50. The van der Waals surface area contributed by atoms with E-state index in [1.807, 2.05) is 4.90 Å². The SMILES string of the molecule is CCS(=O)(=O)N1CCC(C(=O)N2CC(C)(C)C2C(C)C)CC1. The van der Waals surface area contributed by atoms with Crippen LogP contribution in [0.3, 0.4) is 0 Å². The van der Waals surface area contributed by atoms with E-state index < -0.39 is 10.0 Å². The smallest absolute Gasteiger partial charge is 0.226 e. The summed E-state index contributed by atoms with van der Waals surface area (Å²) in [6, 6.07) is 0.303. The van der Waals surface area contributed by atoms with Gasteiger partial charge in [0.1, 0.15) is 0 Å². The Morgan fingerprint density at radius 1 is 1.23 bits per heavy atom. The molecule has 1 atom stereocenters. The molecule has 1 amide bonds. The maximum atomic E-state index is 12.8. The van der Waals surface area contributed by atoms with E-state index in [2.05, 4.69) is 27.7 Å². The molecule has 2 rings (SSSR count). The Morgan fingerprint density at radius 3 is 2.18 bits per heavy atom. The minimum absolute atomic E-state index is 0.0133. The average molecular weight is 330 g/mol. The first kappa shape index (κ1) is 17.7. The van der Waals surface area contributed by atoms with E-state index in [-0.39, 0.29) is 23.0 Å². The topological polar surface area (TPSA) is 57.7 Å². The number of carbonyl (C=O) groups is 1. The number of sulfonamides is 1. The summed E-state index contributed by atoms with van der Waals surface area (Å²) < 4.78 is 25.3. The van der Waals surface area contributed by atoms with Gasteiger partial charge in [-0.3, -0.25) is 4.79 Å². The quantitative estimate of drug-likeness (QED) is 0.791. The van der Waals surface area contributed by atoms with Gasteiger partial charge in [0.05, 0.1) is 5.75 Å². The number of rotatable bonds is 4. The molecule has 5 nitrogen and oxygen atoms in total. The summed E-state index contributed by atoms with van der Waals surface area (Å²) in [5.41, 5.74) is 0.191. The van der Waals surface area contributed by atoms with Gasteiger partial charge in [-0.25, -0.2) is 12.7 Å². The van der Waals surface area contributed by atoms with Crippen molar-refractivity contribution in [1.29, 1.82) is 0 Å². The first-order valence-electron chi connectivity index (χ1n) is 8.38. The van der Waals surface area contributed by atoms with E-state index >= 15 is 0 Å². The van der Waals surface area contributed by atoms with Gasteiger partial charge in [-0.05, 0) is 25.7 Å². The molecule has 128 valence electrons. The highest BCUT2D eigenvalue weighted by molar-refractivity contribution is 7.89. The van der Waals surface area contributed by atoms with E-state index in [9.17, 15) is 13.2 Å². The third kappa shape index (κ3) is 3.18. The van der Waals surface area contributed by atoms with Gasteiger partial charge in [0, 0.05) is 37.0 Å². The summed E-state index contributed by atoms with van der Waals surface area (Å²) >= 11 is 0. The Bertz CT molecular complexity index is 520. The molecule has 0 bridgehead atoms. The fraction of sp³-hybridized carbons (Fsp3) is 0.938. The lowest BCUT2D eigenvalue weighted by Gasteiger charge is -2.57. The van der Waals surface area contributed by atoms with Crippen molar-refractivity contribution in [2.24, 2.45) is 17.3 Å². The molecule has 2 saturated heterocycles. The molecule has 2 aliphatic rings. The Labute approximate surface area is 135 Å². The van der Waals surface area contributed by atoms with Gasteiger partial charge in [-0.1, -0.05) is 27.7 Å². The monoisotopic (exact) mass is 330 g/mol.